The molecule has 66 valence electrons. The third-order valence-corrected chi connectivity index (χ3v) is 1.49. The molecule has 0 radical (unpaired) electrons. The molecule has 0 saturated heterocycles. The van der Waals surface area contributed by atoms with Crippen molar-refractivity contribution >= 4 is 0 Å². The average molecular weight is 174 g/mol. The molecule has 0 aliphatic carbocycles. The SMILES string of the molecule is Cc1cccc(CC(F)(F)F)c1. The van der Waals surface area contributed by atoms with E-state index in [1.165, 1.54) is 6.07 Å². The van der Waals surface area contributed by atoms with Crippen LogP contribution in [-0.2, 0) is 6.42 Å². The molecule has 0 aliphatic rings. The molecule has 0 aliphatic heterocycles. The Morgan fingerprint density at radius 2 is 1.92 bits per heavy atom. The van der Waals surface area contributed by atoms with Gasteiger partial charge >= 0.3 is 6.18 Å². The molecule has 0 heterocycles. The highest BCUT2D eigenvalue weighted by Gasteiger charge is 2.27. The molecule has 0 atom stereocenters. The Kier molecular flexibility index (Phi) is 2.40. The zero-order valence-corrected chi connectivity index (χ0v) is 6.65. The minimum Gasteiger partial charge on any atom is -0.171 e. The van der Waals surface area contributed by atoms with E-state index < -0.39 is 12.6 Å². The fourth-order valence-electron chi connectivity index (χ4n) is 1.05. The fraction of sp³-hybridized carbons (Fsp3) is 0.333. The molecule has 0 aromatic heterocycles. The Balaban J connectivity index is 2.77. The van der Waals surface area contributed by atoms with Gasteiger partial charge in [0.1, 0.15) is 0 Å². The van der Waals surface area contributed by atoms with Crippen LogP contribution in [0.5, 0.6) is 0 Å². The van der Waals surface area contributed by atoms with Gasteiger partial charge in [-0.3, -0.25) is 0 Å². The summed E-state index contributed by atoms with van der Waals surface area (Å²) in [7, 11) is 0. The summed E-state index contributed by atoms with van der Waals surface area (Å²) in [4.78, 5) is 0. The van der Waals surface area contributed by atoms with Gasteiger partial charge in [-0.2, -0.15) is 13.2 Å². The lowest BCUT2D eigenvalue weighted by molar-refractivity contribution is -0.127. The van der Waals surface area contributed by atoms with Crippen LogP contribution in [0.1, 0.15) is 11.1 Å². The van der Waals surface area contributed by atoms with Crippen LogP contribution in [0.25, 0.3) is 0 Å². The van der Waals surface area contributed by atoms with Gasteiger partial charge in [0.05, 0.1) is 6.42 Å². The molecular weight excluding hydrogens is 165 g/mol. The van der Waals surface area contributed by atoms with Gasteiger partial charge in [-0.15, -0.1) is 0 Å². The predicted octanol–water partition coefficient (Wildman–Crippen LogP) is 3.10. The smallest absolute Gasteiger partial charge is 0.171 e. The van der Waals surface area contributed by atoms with Crippen LogP contribution in [0.3, 0.4) is 0 Å². The van der Waals surface area contributed by atoms with Crippen LogP contribution in [-0.4, -0.2) is 6.18 Å². The Morgan fingerprint density at radius 3 is 2.42 bits per heavy atom. The molecule has 0 nitrogen and oxygen atoms in total. The van der Waals surface area contributed by atoms with Crippen LogP contribution >= 0.6 is 0 Å². The van der Waals surface area contributed by atoms with Crippen molar-refractivity contribution in [2.45, 2.75) is 19.5 Å². The molecule has 0 amide bonds. The molecule has 3 heteroatoms. The Hall–Kier alpha value is -0.990. The highest BCUT2D eigenvalue weighted by atomic mass is 19.4. The van der Waals surface area contributed by atoms with Crippen molar-refractivity contribution in [3.63, 3.8) is 0 Å². The van der Waals surface area contributed by atoms with Crippen LogP contribution in [0.15, 0.2) is 24.3 Å². The first-order chi connectivity index (χ1) is 5.47. The number of halogens is 3. The second kappa shape index (κ2) is 3.17. The standard InChI is InChI=1S/C9H9F3/c1-7-3-2-4-8(5-7)6-9(10,11)12/h2-5H,6H2,1H3. The van der Waals surface area contributed by atoms with Crippen molar-refractivity contribution in [3.8, 4) is 0 Å². The highest BCUT2D eigenvalue weighted by molar-refractivity contribution is 5.22. The van der Waals surface area contributed by atoms with Gasteiger partial charge in [-0.05, 0) is 12.5 Å². The Bertz CT molecular complexity index is 263. The first-order valence-corrected chi connectivity index (χ1v) is 3.60. The molecule has 1 aromatic rings. The largest absolute Gasteiger partial charge is 0.393 e. The summed E-state index contributed by atoms with van der Waals surface area (Å²) in [5.74, 6) is 0. The van der Waals surface area contributed by atoms with Gasteiger partial charge < -0.3 is 0 Å². The van der Waals surface area contributed by atoms with Crippen LogP contribution in [0, 0.1) is 6.92 Å². The van der Waals surface area contributed by atoms with E-state index in [9.17, 15) is 13.2 Å². The van der Waals surface area contributed by atoms with E-state index in [-0.39, 0.29) is 0 Å². The molecule has 0 bridgehead atoms. The first-order valence-electron chi connectivity index (χ1n) is 3.60. The second-order valence-corrected chi connectivity index (χ2v) is 2.78. The average Bonchev–Trinajstić information content (AvgIpc) is 1.82. The molecule has 0 fully saturated rings. The number of hydrogen-bond acceptors (Lipinski definition) is 0. The molecule has 0 unspecified atom stereocenters. The molecule has 0 spiro atoms. The summed E-state index contributed by atoms with van der Waals surface area (Å²) >= 11 is 0. The summed E-state index contributed by atoms with van der Waals surface area (Å²) in [6.45, 7) is 1.78. The predicted molar refractivity (Wildman–Crippen MR) is 40.9 cm³/mol. The number of aryl methyl sites for hydroxylation is 1. The molecule has 1 aromatic carbocycles. The van der Waals surface area contributed by atoms with Gasteiger partial charge in [-0.25, -0.2) is 0 Å². The van der Waals surface area contributed by atoms with Gasteiger partial charge in [0.2, 0.25) is 0 Å². The van der Waals surface area contributed by atoms with Crippen molar-refractivity contribution in [2.75, 3.05) is 0 Å². The molecule has 0 N–H and O–H groups in total. The van der Waals surface area contributed by atoms with Gasteiger partial charge in [-0.1, -0.05) is 29.8 Å². The zero-order valence-electron chi connectivity index (χ0n) is 6.65. The number of hydrogen-bond donors (Lipinski definition) is 0. The van der Waals surface area contributed by atoms with Crippen LogP contribution in [0.4, 0.5) is 13.2 Å². The molecular formula is C9H9F3. The number of rotatable bonds is 1. The summed E-state index contributed by atoms with van der Waals surface area (Å²) in [6.07, 6.45) is -4.94. The Morgan fingerprint density at radius 1 is 1.25 bits per heavy atom. The minimum absolute atomic E-state index is 0.322. The maximum absolute atomic E-state index is 11.9. The third kappa shape index (κ3) is 2.95. The monoisotopic (exact) mass is 174 g/mol. The van der Waals surface area contributed by atoms with Crippen molar-refractivity contribution in [1.82, 2.24) is 0 Å². The summed E-state index contributed by atoms with van der Waals surface area (Å²) in [6, 6.07) is 6.45. The summed E-state index contributed by atoms with van der Waals surface area (Å²) in [5.41, 5.74) is 1.18. The summed E-state index contributed by atoms with van der Waals surface area (Å²) in [5, 5.41) is 0. The number of benzene rings is 1. The van der Waals surface area contributed by atoms with Gasteiger partial charge in [0, 0.05) is 0 Å². The van der Waals surface area contributed by atoms with E-state index in [0.29, 0.717) is 5.56 Å². The topological polar surface area (TPSA) is 0 Å². The van der Waals surface area contributed by atoms with Crippen LogP contribution < -0.4 is 0 Å². The van der Waals surface area contributed by atoms with Crippen molar-refractivity contribution < 1.29 is 13.2 Å². The van der Waals surface area contributed by atoms with E-state index >= 15 is 0 Å². The lowest BCUT2D eigenvalue weighted by atomic mass is 10.1. The quantitative estimate of drug-likeness (QED) is 0.613. The minimum atomic E-state index is -4.10. The van der Waals surface area contributed by atoms with Crippen molar-refractivity contribution in [1.29, 1.82) is 0 Å². The molecule has 1 rings (SSSR count). The number of alkyl halides is 3. The maximum Gasteiger partial charge on any atom is 0.393 e. The fourth-order valence-corrected chi connectivity index (χ4v) is 1.05. The van der Waals surface area contributed by atoms with E-state index in [0.717, 1.165) is 5.56 Å². The lowest BCUT2D eigenvalue weighted by Crippen LogP contribution is -2.11. The molecule has 12 heavy (non-hydrogen) atoms. The van der Waals surface area contributed by atoms with Crippen molar-refractivity contribution in [3.05, 3.63) is 35.4 Å². The van der Waals surface area contributed by atoms with Gasteiger partial charge in [0.25, 0.3) is 0 Å². The highest BCUT2D eigenvalue weighted by Crippen LogP contribution is 2.21. The first kappa shape index (κ1) is 9.10. The van der Waals surface area contributed by atoms with E-state index in [4.69, 9.17) is 0 Å². The lowest BCUT2D eigenvalue weighted by Gasteiger charge is -2.06. The van der Waals surface area contributed by atoms with Gasteiger partial charge in [0.15, 0.2) is 0 Å². The normalized spacial score (nSPS) is 11.7. The van der Waals surface area contributed by atoms with E-state index in [1.807, 2.05) is 0 Å². The van der Waals surface area contributed by atoms with Crippen LogP contribution in [0.2, 0.25) is 0 Å². The van der Waals surface area contributed by atoms with E-state index in [1.54, 1.807) is 25.1 Å². The maximum atomic E-state index is 11.9. The Labute approximate surface area is 69.0 Å². The zero-order chi connectivity index (χ0) is 9.19. The third-order valence-electron chi connectivity index (χ3n) is 1.49. The summed E-state index contributed by atoms with van der Waals surface area (Å²) < 4.78 is 35.6. The van der Waals surface area contributed by atoms with E-state index in [2.05, 4.69) is 0 Å². The van der Waals surface area contributed by atoms with Crippen molar-refractivity contribution in [2.24, 2.45) is 0 Å². The molecule has 0 saturated carbocycles. The second-order valence-electron chi connectivity index (χ2n) is 2.78.